The summed E-state index contributed by atoms with van der Waals surface area (Å²) in [6.45, 7) is 3.66. The predicted octanol–water partition coefficient (Wildman–Crippen LogP) is 0.864. The lowest BCUT2D eigenvalue weighted by molar-refractivity contribution is -0.122. The number of H-pyrrole nitrogens is 1. The summed E-state index contributed by atoms with van der Waals surface area (Å²) in [5.41, 5.74) is 0. The Morgan fingerprint density at radius 3 is 2.96 bits per heavy atom. The zero-order chi connectivity index (χ0) is 16.2. The molecule has 128 valence electrons. The fourth-order valence-corrected chi connectivity index (χ4v) is 3.51. The first-order valence-electron chi connectivity index (χ1n) is 8.23. The normalized spacial score (nSPS) is 25.0. The number of rotatable bonds is 8. The molecule has 0 bridgehead atoms. The van der Waals surface area contributed by atoms with Gasteiger partial charge < -0.3 is 10.1 Å². The van der Waals surface area contributed by atoms with Gasteiger partial charge in [0, 0.05) is 45.6 Å². The first-order chi connectivity index (χ1) is 11.2. The summed E-state index contributed by atoms with van der Waals surface area (Å²) in [6.07, 6.45) is 3.52. The SMILES string of the molecule is COCCN1C[C@H](NC(=O)CCc2nc(Cl)n[nH]2)[C@@H](C2CC2)C1. The Bertz CT molecular complexity index is 534. The molecule has 1 aliphatic heterocycles. The molecule has 23 heavy (non-hydrogen) atoms. The number of hydrogen-bond donors (Lipinski definition) is 2. The van der Waals surface area contributed by atoms with Crippen molar-refractivity contribution in [2.75, 3.05) is 33.4 Å². The molecule has 0 unspecified atom stereocenters. The molecule has 1 aromatic rings. The van der Waals surface area contributed by atoms with Crippen molar-refractivity contribution in [2.24, 2.45) is 11.8 Å². The molecule has 2 N–H and O–H groups in total. The van der Waals surface area contributed by atoms with Gasteiger partial charge >= 0.3 is 0 Å². The van der Waals surface area contributed by atoms with Gasteiger partial charge in [0.15, 0.2) is 0 Å². The Kier molecular flexibility index (Phi) is 5.50. The van der Waals surface area contributed by atoms with Crippen LogP contribution in [0, 0.1) is 11.8 Å². The van der Waals surface area contributed by atoms with Gasteiger partial charge in [-0.3, -0.25) is 14.8 Å². The number of methoxy groups -OCH3 is 1. The maximum absolute atomic E-state index is 12.2. The Morgan fingerprint density at radius 1 is 1.48 bits per heavy atom. The van der Waals surface area contributed by atoms with Crippen LogP contribution in [-0.4, -0.2) is 65.4 Å². The molecular formula is C15H24ClN5O2. The van der Waals surface area contributed by atoms with E-state index in [1.807, 2.05) is 0 Å². The molecule has 2 heterocycles. The summed E-state index contributed by atoms with van der Waals surface area (Å²) in [5, 5.41) is 9.90. The van der Waals surface area contributed by atoms with Crippen molar-refractivity contribution < 1.29 is 9.53 Å². The number of halogens is 1. The van der Waals surface area contributed by atoms with Crippen LogP contribution in [0.1, 0.15) is 25.1 Å². The van der Waals surface area contributed by atoms with Gasteiger partial charge in [0.25, 0.3) is 0 Å². The molecule has 1 aliphatic carbocycles. The Hall–Kier alpha value is -1.18. The fourth-order valence-electron chi connectivity index (χ4n) is 3.37. The quantitative estimate of drug-likeness (QED) is 0.733. The number of hydrogen-bond acceptors (Lipinski definition) is 5. The lowest BCUT2D eigenvalue weighted by Crippen LogP contribution is -2.41. The zero-order valence-electron chi connectivity index (χ0n) is 13.4. The summed E-state index contributed by atoms with van der Waals surface area (Å²) in [5.74, 6) is 2.08. The first-order valence-corrected chi connectivity index (χ1v) is 8.61. The largest absolute Gasteiger partial charge is 0.383 e. The van der Waals surface area contributed by atoms with Crippen molar-refractivity contribution in [3.8, 4) is 0 Å². The highest BCUT2D eigenvalue weighted by molar-refractivity contribution is 6.28. The molecule has 2 aliphatic rings. The van der Waals surface area contributed by atoms with Gasteiger partial charge in [0.1, 0.15) is 5.82 Å². The van der Waals surface area contributed by atoms with Crippen LogP contribution in [0.15, 0.2) is 0 Å². The van der Waals surface area contributed by atoms with Crippen LogP contribution < -0.4 is 5.32 Å². The number of likely N-dealkylation sites (tertiary alicyclic amines) is 1. The van der Waals surface area contributed by atoms with Gasteiger partial charge in [-0.1, -0.05) is 0 Å². The van der Waals surface area contributed by atoms with Crippen molar-refractivity contribution in [1.82, 2.24) is 25.4 Å². The van der Waals surface area contributed by atoms with E-state index in [1.165, 1.54) is 12.8 Å². The van der Waals surface area contributed by atoms with Crippen molar-refractivity contribution >= 4 is 17.5 Å². The molecule has 0 aromatic carbocycles. The summed E-state index contributed by atoms with van der Waals surface area (Å²) >= 11 is 5.66. The fraction of sp³-hybridized carbons (Fsp3) is 0.800. The third-order valence-electron chi connectivity index (χ3n) is 4.72. The Labute approximate surface area is 141 Å². The summed E-state index contributed by atoms with van der Waals surface area (Å²) < 4.78 is 5.16. The molecule has 7 nitrogen and oxygen atoms in total. The number of aromatic amines is 1. The van der Waals surface area contributed by atoms with Gasteiger partial charge in [-0.15, -0.1) is 5.10 Å². The van der Waals surface area contributed by atoms with E-state index in [2.05, 4.69) is 25.4 Å². The third kappa shape index (κ3) is 4.65. The van der Waals surface area contributed by atoms with E-state index in [0.29, 0.717) is 24.6 Å². The summed E-state index contributed by atoms with van der Waals surface area (Å²) in [4.78, 5) is 18.6. The number of carbonyl (C=O) groups is 1. The molecule has 2 fully saturated rings. The minimum absolute atomic E-state index is 0.0711. The molecule has 1 aromatic heterocycles. The number of nitrogens with zero attached hydrogens (tertiary/aromatic N) is 3. The van der Waals surface area contributed by atoms with E-state index in [4.69, 9.17) is 16.3 Å². The van der Waals surface area contributed by atoms with Crippen LogP contribution >= 0.6 is 11.6 Å². The van der Waals surface area contributed by atoms with Gasteiger partial charge in [-0.2, -0.15) is 0 Å². The highest BCUT2D eigenvalue weighted by Gasteiger charge is 2.42. The number of nitrogens with one attached hydrogen (secondary N) is 2. The molecule has 0 radical (unpaired) electrons. The smallest absolute Gasteiger partial charge is 0.242 e. The maximum Gasteiger partial charge on any atom is 0.242 e. The first kappa shape index (κ1) is 16.7. The molecule has 8 heteroatoms. The van der Waals surface area contributed by atoms with Crippen LogP contribution in [0.5, 0.6) is 0 Å². The van der Waals surface area contributed by atoms with Crippen LogP contribution in [0.2, 0.25) is 5.28 Å². The number of aromatic nitrogens is 3. The van der Waals surface area contributed by atoms with Crippen molar-refractivity contribution in [2.45, 2.75) is 31.7 Å². The third-order valence-corrected chi connectivity index (χ3v) is 4.89. The monoisotopic (exact) mass is 341 g/mol. The number of amides is 1. The van der Waals surface area contributed by atoms with Gasteiger partial charge in [0.2, 0.25) is 11.2 Å². The van der Waals surface area contributed by atoms with E-state index < -0.39 is 0 Å². The summed E-state index contributed by atoms with van der Waals surface area (Å²) in [6, 6.07) is 0.255. The second-order valence-corrected chi connectivity index (χ2v) is 6.82. The standard InChI is InChI=1S/C15H24ClN5O2/c1-23-7-6-21-8-11(10-2-3-10)12(9-21)17-14(22)5-4-13-18-15(16)20-19-13/h10-12H,2-9H2,1H3,(H,17,22)(H,18,19,20)/t11-,12+/m1/s1. The highest BCUT2D eigenvalue weighted by Crippen LogP contribution is 2.41. The zero-order valence-corrected chi connectivity index (χ0v) is 14.2. The van der Waals surface area contributed by atoms with Gasteiger partial charge in [-0.05, 0) is 36.3 Å². The Morgan fingerprint density at radius 2 is 2.30 bits per heavy atom. The highest BCUT2D eigenvalue weighted by atomic mass is 35.5. The number of aryl methyl sites for hydroxylation is 1. The van der Waals surface area contributed by atoms with Crippen molar-refractivity contribution in [3.05, 3.63) is 11.1 Å². The molecule has 0 spiro atoms. The summed E-state index contributed by atoms with van der Waals surface area (Å²) in [7, 11) is 1.73. The minimum Gasteiger partial charge on any atom is -0.383 e. The van der Waals surface area contributed by atoms with Crippen molar-refractivity contribution in [1.29, 1.82) is 0 Å². The van der Waals surface area contributed by atoms with E-state index in [-0.39, 0.29) is 17.2 Å². The molecule has 1 amide bonds. The predicted molar refractivity (Wildman–Crippen MR) is 86.2 cm³/mol. The van der Waals surface area contributed by atoms with Gasteiger partial charge in [0.05, 0.1) is 6.61 Å². The average molecular weight is 342 g/mol. The maximum atomic E-state index is 12.2. The van der Waals surface area contributed by atoms with Crippen LogP contribution in [0.4, 0.5) is 0 Å². The van der Waals surface area contributed by atoms with E-state index in [1.54, 1.807) is 7.11 Å². The van der Waals surface area contributed by atoms with Gasteiger partial charge in [-0.25, -0.2) is 4.98 Å². The molecule has 1 saturated carbocycles. The lowest BCUT2D eigenvalue weighted by Gasteiger charge is -2.19. The molecule has 2 atom stereocenters. The van der Waals surface area contributed by atoms with Crippen molar-refractivity contribution in [3.63, 3.8) is 0 Å². The van der Waals surface area contributed by atoms with Crippen LogP contribution in [-0.2, 0) is 16.0 Å². The second kappa shape index (κ2) is 7.59. The number of carbonyl (C=O) groups excluding carboxylic acids is 1. The number of ether oxygens (including phenoxy) is 1. The molecular weight excluding hydrogens is 318 g/mol. The molecule has 3 rings (SSSR count). The molecule has 1 saturated heterocycles. The average Bonchev–Trinajstić information content (AvgIpc) is 3.17. The van der Waals surface area contributed by atoms with E-state index in [9.17, 15) is 4.79 Å². The van der Waals surface area contributed by atoms with E-state index >= 15 is 0 Å². The Balaban J connectivity index is 1.47. The lowest BCUT2D eigenvalue weighted by atomic mass is 9.98. The topological polar surface area (TPSA) is 83.1 Å². The van der Waals surface area contributed by atoms with E-state index in [0.717, 1.165) is 32.2 Å². The minimum atomic E-state index is 0.0711. The second-order valence-electron chi connectivity index (χ2n) is 6.48. The van der Waals surface area contributed by atoms with Crippen LogP contribution in [0.25, 0.3) is 0 Å². The van der Waals surface area contributed by atoms with Crippen LogP contribution in [0.3, 0.4) is 0 Å².